The summed E-state index contributed by atoms with van der Waals surface area (Å²) in [5, 5.41) is 2.11. The highest BCUT2D eigenvalue weighted by Crippen LogP contribution is 2.38. The van der Waals surface area contributed by atoms with Crippen LogP contribution in [0.4, 0.5) is 0 Å². The number of hydrogen-bond donors (Lipinski definition) is 0. The Morgan fingerprint density at radius 2 is 1.49 bits per heavy atom. The summed E-state index contributed by atoms with van der Waals surface area (Å²) < 4.78 is 0. The first kappa shape index (κ1) is 25.0. The van der Waals surface area contributed by atoms with Crippen LogP contribution in [0.15, 0.2) is 96.4 Å². The van der Waals surface area contributed by atoms with Crippen molar-refractivity contribution in [1.82, 2.24) is 9.80 Å². The number of fused-ring (bicyclic) bond motifs is 1. The quantitative estimate of drug-likeness (QED) is 0.296. The molecule has 1 atom stereocenters. The van der Waals surface area contributed by atoms with E-state index in [9.17, 15) is 9.59 Å². The molecule has 0 fully saturated rings. The highest BCUT2D eigenvalue weighted by molar-refractivity contribution is 7.10. The zero-order chi connectivity index (χ0) is 26.0. The molecule has 4 nitrogen and oxygen atoms in total. The van der Waals surface area contributed by atoms with Crippen LogP contribution in [-0.2, 0) is 11.2 Å². The zero-order valence-corrected chi connectivity index (χ0v) is 22.4. The Bertz CT molecular complexity index is 1370. The van der Waals surface area contributed by atoms with Crippen molar-refractivity contribution in [3.8, 4) is 11.1 Å². The van der Waals surface area contributed by atoms with Crippen LogP contribution in [0.5, 0.6) is 0 Å². The molecule has 2 heterocycles. The van der Waals surface area contributed by atoms with Gasteiger partial charge in [0.2, 0.25) is 5.91 Å². The average molecular weight is 509 g/mol. The van der Waals surface area contributed by atoms with E-state index in [1.165, 1.54) is 10.4 Å². The van der Waals surface area contributed by atoms with E-state index in [1.807, 2.05) is 86.3 Å². The summed E-state index contributed by atoms with van der Waals surface area (Å²) in [7, 11) is 0. The van der Waals surface area contributed by atoms with Crippen LogP contribution in [0.2, 0.25) is 0 Å². The van der Waals surface area contributed by atoms with Gasteiger partial charge in [0.05, 0.1) is 6.04 Å². The van der Waals surface area contributed by atoms with Crippen LogP contribution in [0.1, 0.15) is 53.2 Å². The molecule has 1 aromatic heterocycles. The number of carbonyl (C=O) groups excluding carboxylic acids is 2. The number of hydrogen-bond acceptors (Lipinski definition) is 3. The minimum atomic E-state index is -0.517. The Labute approximate surface area is 223 Å². The summed E-state index contributed by atoms with van der Waals surface area (Å²) in [6.07, 6.45) is 0.840. The predicted octanol–water partition coefficient (Wildman–Crippen LogP) is 6.83. The summed E-state index contributed by atoms with van der Waals surface area (Å²) in [6, 6.07) is 30.0. The van der Waals surface area contributed by atoms with Gasteiger partial charge in [-0.25, -0.2) is 0 Å². The van der Waals surface area contributed by atoms with E-state index in [0.717, 1.165) is 23.1 Å². The lowest BCUT2D eigenvalue weighted by molar-refractivity contribution is -0.135. The van der Waals surface area contributed by atoms with Gasteiger partial charge in [0.25, 0.3) is 5.91 Å². The minimum Gasteiger partial charge on any atom is -0.330 e. The molecule has 37 heavy (non-hydrogen) atoms. The summed E-state index contributed by atoms with van der Waals surface area (Å²) >= 11 is 1.75. The van der Waals surface area contributed by atoms with Crippen LogP contribution in [-0.4, -0.2) is 40.2 Å². The summed E-state index contributed by atoms with van der Waals surface area (Å²) in [5.41, 5.74) is 4.52. The van der Waals surface area contributed by atoms with Crippen molar-refractivity contribution in [2.75, 3.05) is 13.1 Å². The normalized spacial score (nSPS) is 15.2. The molecule has 4 aromatic rings. The SMILES string of the molecule is CC(C)(C)N(CC(=O)N1CCc2sccc2C1c1ccccc1)C(=O)c1ccc(-c2ccccc2)cc1. The van der Waals surface area contributed by atoms with Crippen LogP contribution < -0.4 is 0 Å². The van der Waals surface area contributed by atoms with Gasteiger partial charge >= 0.3 is 0 Å². The number of nitrogens with zero attached hydrogens (tertiary/aromatic N) is 2. The van der Waals surface area contributed by atoms with E-state index >= 15 is 0 Å². The van der Waals surface area contributed by atoms with Gasteiger partial charge in [-0.2, -0.15) is 0 Å². The lowest BCUT2D eigenvalue weighted by Crippen LogP contribution is -2.52. The van der Waals surface area contributed by atoms with E-state index < -0.39 is 5.54 Å². The molecular formula is C32H32N2O2S. The molecule has 0 saturated carbocycles. The third-order valence-electron chi connectivity index (χ3n) is 6.99. The van der Waals surface area contributed by atoms with E-state index in [0.29, 0.717) is 12.1 Å². The first-order valence-electron chi connectivity index (χ1n) is 12.7. The third kappa shape index (κ3) is 5.23. The smallest absolute Gasteiger partial charge is 0.254 e. The van der Waals surface area contributed by atoms with Gasteiger partial charge in [-0.15, -0.1) is 11.3 Å². The largest absolute Gasteiger partial charge is 0.330 e. The Morgan fingerprint density at radius 1 is 0.865 bits per heavy atom. The van der Waals surface area contributed by atoms with E-state index in [4.69, 9.17) is 0 Å². The Hall–Kier alpha value is -3.70. The summed E-state index contributed by atoms with van der Waals surface area (Å²) in [4.78, 5) is 32.6. The van der Waals surface area contributed by atoms with E-state index in [2.05, 4.69) is 35.7 Å². The van der Waals surface area contributed by atoms with Crippen LogP contribution >= 0.6 is 11.3 Å². The average Bonchev–Trinajstić information content (AvgIpc) is 3.40. The lowest BCUT2D eigenvalue weighted by Gasteiger charge is -2.40. The van der Waals surface area contributed by atoms with Crippen molar-refractivity contribution < 1.29 is 9.59 Å². The Morgan fingerprint density at radius 3 is 2.14 bits per heavy atom. The second kappa shape index (κ2) is 10.3. The second-order valence-electron chi connectivity index (χ2n) is 10.5. The molecule has 188 valence electrons. The molecular weight excluding hydrogens is 476 g/mol. The number of benzene rings is 3. The first-order chi connectivity index (χ1) is 17.8. The fourth-order valence-corrected chi connectivity index (χ4v) is 5.92. The molecule has 2 amide bonds. The molecule has 0 saturated heterocycles. The number of amides is 2. The fraction of sp³-hybridized carbons (Fsp3) is 0.250. The van der Waals surface area contributed by atoms with Crippen molar-refractivity contribution >= 4 is 23.2 Å². The molecule has 1 unspecified atom stereocenters. The molecule has 1 aliphatic heterocycles. The molecule has 1 aliphatic rings. The molecule has 5 rings (SSSR count). The van der Waals surface area contributed by atoms with Gasteiger partial charge in [0.15, 0.2) is 0 Å². The Balaban J connectivity index is 1.40. The Kier molecular flexibility index (Phi) is 6.98. The van der Waals surface area contributed by atoms with Crippen molar-refractivity contribution in [3.05, 3.63) is 118 Å². The van der Waals surface area contributed by atoms with Crippen molar-refractivity contribution in [3.63, 3.8) is 0 Å². The van der Waals surface area contributed by atoms with Gasteiger partial charge < -0.3 is 9.80 Å². The number of carbonyl (C=O) groups is 2. The molecule has 0 N–H and O–H groups in total. The number of rotatable bonds is 5. The number of thiophene rings is 1. The molecule has 0 radical (unpaired) electrons. The molecule has 3 aromatic carbocycles. The maximum atomic E-state index is 13.9. The molecule has 5 heteroatoms. The minimum absolute atomic E-state index is 0.0325. The van der Waals surface area contributed by atoms with Crippen LogP contribution in [0, 0.1) is 0 Å². The van der Waals surface area contributed by atoms with Crippen molar-refractivity contribution in [2.45, 2.75) is 38.8 Å². The van der Waals surface area contributed by atoms with Gasteiger partial charge in [-0.05, 0) is 73.0 Å². The van der Waals surface area contributed by atoms with Gasteiger partial charge in [-0.1, -0.05) is 72.8 Å². The highest BCUT2D eigenvalue weighted by Gasteiger charge is 2.36. The maximum absolute atomic E-state index is 13.9. The zero-order valence-electron chi connectivity index (χ0n) is 21.6. The van der Waals surface area contributed by atoms with Crippen LogP contribution in [0.25, 0.3) is 11.1 Å². The molecule has 0 spiro atoms. The maximum Gasteiger partial charge on any atom is 0.254 e. The standard InChI is InChI=1S/C32H32N2O2S/c1-32(2,3)34(31(36)26-16-14-24(15-17-26)23-10-6-4-7-11-23)22-29(35)33-20-18-28-27(19-21-37-28)30(33)25-12-8-5-9-13-25/h4-17,19,21,30H,18,20,22H2,1-3H3. The van der Waals surface area contributed by atoms with Gasteiger partial charge in [0, 0.05) is 22.5 Å². The predicted molar refractivity (Wildman–Crippen MR) is 151 cm³/mol. The first-order valence-corrected chi connectivity index (χ1v) is 13.6. The van der Waals surface area contributed by atoms with Crippen molar-refractivity contribution in [2.24, 2.45) is 0 Å². The second-order valence-corrected chi connectivity index (χ2v) is 11.5. The van der Waals surface area contributed by atoms with E-state index in [-0.39, 0.29) is 24.4 Å². The monoisotopic (exact) mass is 508 g/mol. The lowest BCUT2D eigenvalue weighted by atomic mass is 9.93. The van der Waals surface area contributed by atoms with Gasteiger partial charge in [-0.3, -0.25) is 9.59 Å². The summed E-state index contributed by atoms with van der Waals surface area (Å²) in [5.74, 6) is -0.167. The highest BCUT2D eigenvalue weighted by atomic mass is 32.1. The van der Waals surface area contributed by atoms with Crippen LogP contribution in [0.3, 0.4) is 0 Å². The molecule has 0 aliphatic carbocycles. The third-order valence-corrected chi connectivity index (χ3v) is 7.99. The topological polar surface area (TPSA) is 40.6 Å². The summed E-state index contributed by atoms with van der Waals surface area (Å²) in [6.45, 7) is 6.63. The van der Waals surface area contributed by atoms with E-state index in [1.54, 1.807) is 16.2 Å². The van der Waals surface area contributed by atoms with Gasteiger partial charge in [0.1, 0.15) is 6.54 Å². The fourth-order valence-electron chi connectivity index (χ4n) is 5.01. The molecule has 0 bridgehead atoms. The van der Waals surface area contributed by atoms with Crippen molar-refractivity contribution in [1.29, 1.82) is 0 Å².